The summed E-state index contributed by atoms with van der Waals surface area (Å²) in [5, 5.41) is 19.8. The number of aliphatic hydroxyl groups is 1. The van der Waals surface area contributed by atoms with Gasteiger partial charge < -0.3 is 15.2 Å². The number of aromatic amines is 1. The molecule has 0 unspecified atom stereocenters. The Hall–Kier alpha value is -3.34. The maximum absolute atomic E-state index is 11.4. The van der Waals surface area contributed by atoms with E-state index in [1.165, 1.54) is 0 Å². The number of hydrogen-bond donors (Lipinski definition) is 3. The van der Waals surface area contributed by atoms with Gasteiger partial charge in [-0.1, -0.05) is 48.5 Å². The molecule has 1 heterocycles. The number of aliphatic hydroxyl groups excluding tert-OH is 1. The number of aliphatic carboxylic acids is 1. The van der Waals surface area contributed by atoms with E-state index in [2.05, 4.69) is 4.98 Å². The molecule has 3 N–H and O–H groups in total. The highest BCUT2D eigenvalue weighted by Crippen LogP contribution is 2.29. The van der Waals surface area contributed by atoms with Crippen molar-refractivity contribution in [2.45, 2.75) is 6.42 Å². The Balaban J connectivity index is 2.12. The van der Waals surface area contributed by atoms with E-state index in [0.717, 1.165) is 22.5 Å². The van der Waals surface area contributed by atoms with E-state index in [0.29, 0.717) is 17.7 Å². The number of carbonyl (C=O) groups is 2. The summed E-state index contributed by atoms with van der Waals surface area (Å²) in [6, 6.07) is 17.0. The van der Waals surface area contributed by atoms with Gasteiger partial charge in [0.25, 0.3) is 5.78 Å². The van der Waals surface area contributed by atoms with Crippen molar-refractivity contribution in [3.63, 3.8) is 0 Å². The third-order valence-corrected chi connectivity index (χ3v) is 3.74. The molecule has 0 aliphatic heterocycles. The van der Waals surface area contributed by atoms with Crippen LogP contribution in [0.2, 0.25) is 0 Å². The van der Waals surface area contributed by atoms with Gasteiger partial charge in [-0.3, -0.25) is 4.79 Å². The Labute approximate surface area is 137 Å². The Morgan fingerprint density at radius 3 is 2.33 bits per heavy atom. The molecule has 3 aromatic rings. The summed E-state index contributed by atoms with van der Waals surface area (Å²) in [6.07, 6.45) is 1.26. The molecule has 24 heavy (non-hydrogen) atoms. The monoisotopic (exact) mass is 321 g/mol. The number of rotatable bonds is 5. The van der Waals surface area contributed by atoms with E-state index in [9.17, 15) is 14.7 Å². The molecule has 3 rings (SSSR count). The van der Waals surface area contributed by atoms with Gasteiger partial charge in [0, 0.05) is 34.7 Å². The zero-order valence-corrected chi connectivity index (χ0v) is 12.7. The van der Waals surface area contributed by atoms with E-state index in [1.807, 2.05) is 54.6 Å². The minimum Gasteiger partial charge on any atom is -0.507 e. The van der Waals surface area contributed by atoms with Crippen LogP contribution in [-0.4, -0.2) is 26.9 Å². The SMILES string of the molecule is O=C(O)C(=O)/C=C(\O)c1c(Cc2ccccc2)[nH]c2ccccc12. The van der Waals surface area contributed by atoms with Gasteiger partial charge in [-0.25, -0.2) is 4.79 Å². The minimum atomic E-state index is -1.61. The highest BCUT2D eigenvalue weighted by Gasteiger charge is 2.18. The van der Waals surface area contributed by atoms with Crippen LogP contribution < -0.4 is 0 Å². The molecule has 0 aliphatic carbocycles. The zero-order valence-electron chi connectivity index (χ0n) is 12.7. The van der Waals surface area contributed by atoms with Gasteiger partial charge in [0.05, 0.1) is 0 Å². The van der Waals surface area contributed by atoms with Crippen LogP contribution in [0.15, 0.2) is 60.7 Å². The third-order valence-electron chi connectivity index (χ3n) is 3.74. The predicted octanol–water partition coefficient (Wildman–Crippen LogP) is 3.31. The standard InChI is InChI=1S/C19H15NO4/c21-16(11-17(22)19(23)24)18-13-8-4-5-9-14(13)20-15(18)10-12-6-2-1-3-7-12/h1-9,11,20-21H,10H2,(H,23,24)/b16-11-. The van der Waals surface area contributed by atoms with Crippen LogP contribution in [0.5, 0.6) is 0 Å². The lowest BCUT2D eigenvalue weighted by molar-refractivity contribution is -0.146. The maximum atomic E-state index is 11.4. The second kappa shape index (κ2) is 6.42. The second-order valence-corrected chi connectivity index (χ2v) is 5.39. The first-order valence-electron chi connectivity index (χ1n) is 7.38. The molecule has 0 atom stereocenters. The number of carboxylic acid groups (broad SMARTS) is 1. The molecule has 1 aromatic heterocycles. The lowest BCUT2D eigenvalue weighted by Crippen LogP contribution is -2.09. The summed E-state index contributed by atoms with van der Waals surface area (Å²) in [5.74, 6) is -3.12. The summed E-state index contributed by atoms with van der Waals surface area (Å²) >= 11 is 0. The molecule has 5 heteroatoms. The summed E-state index contributed by atoms with van der Waals surface area (Å²) in [5.41, 5.74) is 3.00. The Bertz CT molecular complexity index is 938. The number of hydrogen-bond acceptors (Lipinski definition) is 3. The molecule has 0 aliphatic rings. The number of aromatic nitrogens is 1. The van der Waals surface area contributed by atoms with Gasteiger partial charge >= 0.3 is 5.97 Å². The van der Waals surface area contributed by atoms with Crippen molar-refractivity contribution in [2.24, 2.45) is 0 Å². The lowest BCUT2D eigenvalue weighted by atomic mass is 10.0. The van der Waals surface area contributed by atoms with Crippen LogP contribution in [0.25, 0.3) is 16.7 Å². The number of para-hydroxylation sites is 1. The normalized spacial score (nSPS) is 11.6. The lowest BCUT2D eigenvalue weighted by Gasteiger charge is -2.05. The Morgan fingerprint density at radius 1 is 0.958 bits per heavy atom. The summed E-state index contributed by atoms with van der Waals surface area (Å²) < 4.78 is 0. The van der Waals surface area contributed by atoms with Crippen LogP contribution in [0.1, 0.15) is 16.8 Å². The average Bonchev–Trinajstić information content (AvgIpc) is 2.93. The molecule has 0 spiro atoms. The first-order chi connectivity index (χ1) is 11.6. The van der Waals surface area contributed by atoms with Crippen LogP contribution in [-0.2, 0) is 16.0 Å². The number of fused-ring (bicyclic) bond motifs is 1. The first kappa shape index (κ1) is 15.6. The molecular weight excluding hydrogens is 306 g/mol. The number of ketones is 1. The number of H-pyrrole nitrogens is 1. The van der Waals surface area contributed by atoms with Crippen LogP contribution in [0.4, 0.5) is 0 Å². The van der Waals surface area contributed by atoms with E-state index >= 15 is 0 Å². The van der Waals surface area contributed by atoms with Gasteiger partial charge in [-0.05, 0) is 11.6 Å². The van der Waals surface area contributed by atoms with Gasteiger partial charge in [0.2, 0.25) is 0 Å². The topological polar surface area (TPSA) is 90.4 Å². The fraction of sp³-hybridized carbons (Fsp3) is 0.0526. The van der Waals surface area contributed by atoms with Gasteiger partial charge in [-0.15, -0.1) is 0 Å². The maximum Gasteiger partial charge on any atom is 0.376 e. The highest BCUT2D eigenvalue weighted by atomic mass is 16.4. The smallest absolute Gasteiger partial charge is 0.376 e. The van der Waals surface area contributed by atoms with E-state index < -0.39 is 11.8 Å². The van der Waals surface area contributed by atoms with E-state index in [-0.39, 0.29) is 5.76 Å². The van der Waals surface area contributed by atoms with Crippen molar-refractivity contribution in [1.82, 2.24) is 4.98 Å². The molecule has 0 bridgehead atoms. The molecule has 0 fully saturated rings. The minimum absolute atomic E-state index is 0.356. The first-order valence-corrected chi connectivity index (χ1v) is 7.38. The van der Waals surface area contributed by atoms with Crippen molar-refractivity contribution in [1.29, 1.82) is 0 Å². The fourth-order valence-electron chi connectivity index (χ4n) is 2.68. The van der Waals surface area contributed by atoms with E-state index in [4.69, 9.17) is 5.11 Å². The van der Waals surface area contributed by atoms with Crippen LogP contribution in [0.3, 0.4) is 0 Å². The van der Waals surface area contributed by atoms with E-state index in [1.54, 1.807) is 0 Å². The second-order valence-electron chi connectivity index (χ2n) is 5.39. The Morgan fingerprint density at radius 2 is 1.62 bits per heavy atom. The summed E-state index contributed by atoms with van der Waals surface area (Å²) in [4.78, 5) is 25.4. The predicted molar refractivity (Wildman–Crippen MR) is 90.8 cm³/mol. The largest absolute Gasteiger partial charge is 0.507 e. The fourth-order valence-corrected chi connectivity index (χ4v) is 2.68. The van der Waals surface area contributed by atoms with Crippen molar-refractivity contribution in [3.8, 4) is 0 Å². The quantitative estimate of drug-likeness (QED) is 0.382. The summed E-state index contributed by atoms with van der Waals surface area (Å²) in [6.45, 7) is 0. The molecule has 5 nitrogen and oxygen atoms in total. The Kier molecular flexibility index (Phi) is 4.16. The third kappa shape index (κ3) is 3.05. The molecule has 0 saturated carbocycles. The highest BCUT2D eigenvalue weighted by molar-refractivity contribution is 6.38. The van der Waals surface area contributed by atoms with Gasteiger partial charge in [0.1, 0.15) is 5.76 Å². The van der Waals surface area contributed by atoms with Crippen molar-refractivity contribution < 1.29 is 19.8 Å². The molecule has 2 aromatic carbocycles. The summed E-state index contributed by atoms with van der Waals surface area (Å²) in [7, 11) is 0. The number of benzene rings is 2. The van der Waals surface area contributed by atoms with Crippen LogP contribution in [0, 0.1) is 0 Å². The molecule has 120 valence electrons. The van der Waals surface area contributed by atoms with Gasteiger partial charge in [-0.2, -0.15) is 0 Å². The van der Waals surface area contributed by atoms with Crippen molar-refractivity contribution in [3.05, 3.63) is 77.5 Å². The molecular formula is C19H15NO4. The van der Waals surface area contributed by atoms with Gasteiger partial charge in [0.15, 0.2) is 0 Å². The number of carbonyl (C=O) groups excluding carboxylic acids is 1. The van der Waals surface area contributed by atoms with Crippen molar-refractivity contribution in [2.75, 3.05) is 0 Å². The zero-order chi connectivity index (χ0) is 17.1. The average molecular weight is 321 g/mol. The molecule has 0 saturated heterocycles. The van der Waals surface area contributed by atoms with Crippen molar-refractivity contribution >= 4 is 28.4 Å². The number of nitrogens with one attached hydrogen (secondary N) is 1. The number of carboxylic acids is 1. The molecule has 0 radical (unpaired) electrons. The molecule has 0 amide bonds. The van der Waals surface area contributed by atoms with Crippen LogP contribution >= 0.6 is 0 Å².